The third kappa shape index (κ3) is 6.04. The lowest BCUT2D eigenvalue weighted by molar-refractivity contribution is -0.116. The Morgan fingerprint density at radius 1 is 1.06 bits per heavy atom. The minimum atomic E-state index is -0.205. The molecule has 4 rings (SSSR count). The van der Waals surface area contributed by atoms with Gasteiger partial charge in [-0.3, -0.25) is 4.79 Å². The molecule has 1 saturated heterocycles. The van der Waals surface area contributed by atoms with Crippen molar-refractivity contribution in [3.63, 3.8) is 0 Å². The molecule has 2 aromatic carbocycles. The zero-order valence-electron chi connectivity index (χ0n) is 18.7. The first kappa shape index (κ1) is 22.7. The average molecular weight is 453 g/mol. The van der Waals surface area contributed by atoms with Gasteiger partial charge in [0.1, 0.15) is 0 Å². The van der Waals surface area contributed by atoms with E-state index < -0.39 is 0 Å². The summed E-state index contributed by atoms with van der Waals surface area (Å²) < 4.78 is 0. The fourth-order valence-electron chi connectivity index (χ4n) is 4.19. The van der Waals surface area contributed by atoms with Crippen LogP contribution in [0.1, 0.15) is 36.8 Å². The summed E-state index contributed by atoms with van der Waals surface area (Å²) in [5.41, 5.74) is 3.84. The van der Waals surface area contributed by atoms with Gasteiger partial charge in [0.15, 0.2) is 0 Å². The molecule has 0 radical (unpaired) electrons. The third-order valence-electron chi connectivity index (χ3n) is 6.01. The molecular formula is C25H32N4O2S. The van der Waals surface area contributed by atoms with E-state index in [1.54, 1.807) is 11.8 Å². The zero-order valence-corrected chi connectivity index (χ0v) is 19.5. The number of rotatable bonds is 7. The monoisotopic (exact) mass is 452 g/mol. The van der Waals surface area contributed by atoms with Gasteiger partial charge >= 0.3 is 6.03 Å². The van der Waals surface area contributed by atoms with Gasteiger partial charge in [-0.25, -0.2) is 4.79 Å². The molecule has 1 fully saturated rings. The molecule has 7 heteroatoms. The molecule has 0 spiro atoms. The summed E-state index contributed by atoms with van der Waals surface area (Å²) in [4.78, 5) is 30.4. The second kappa shape index (κ2) is 10.9. The highest BCUT2D eigenvalue weighted by Gasteiger charge is 2.25. The van der Waals surface area contributed by atoms with Gasteiger partial charge in [0, 0.05) is 17.1 Å². The van der Waals surface area contributed by atoms with Crippen LogP contribution in [0.2, 0.25) is 0 Å². The van der Waals surface area contributed by atoms with Gasteiger partial charge in [0.25, 0.3) is 0 Å². The van der Waals surface area contributed by atoms with Crippen LogP contribution >= 0.6 is 11.8 Å². The zero-order chi connectivity index (χ0) is 22.3. The number of nitrogens with one attached hydrogen (secondary N) is 2. The molecule has 0 unspecified atom stereocenters. The molecule has 2 N–H and O–H groups in total. The average Bonchev–Trinajstić information content (AvgIpc) is 2.81. The van der Waals surface area contributed by atoms with E-state index in [1.165, 1.54) is 37.9 Å². The number of likely N-dealkylation sites (tertiary alicyclic amines) is 1. The maximum Gasteiger partial charge on any atom is 0.319 e. The van der Waals surface area contributed by atoms with Gasteiger partial charge in [-0.15, -0.1) is 11.8 Å². The summed E-state index contributed by atoms with van der Waals surface area (Å²) in [6.45, 7) is 6.62. The molecule has 0 saturated carbocycles. The lowest BCUT2D eigenvalue weighted by Gasteiger charge is -2.29. The lowest BCUT2D eigenvalue weighted by atomic mass is 10.1. The van der Waals surface area contributed by atoms with E-state index in [1.807, 2.05) is 23.1 Å². The first-order chi connectivity index (χ1) is 15.6. The van der Waals surface area contributed by atoms with Crippen molar-refractivity contribution in [2.45, 2.75) is 44.0 Å². The number of piperidine rings is 1. The minimum Gasteiger partial charge on any atom is -0.338 e. The van der Waals surface area contributed by atoms with Gasteiger partial charge in [0.2, 0.25) is 5.91 Å². The number of benzene rings is 2. The van der Waals surface area contributed by atoms with Crippen LogP contribution in [0.3, 0.4) is 0 Å². The van der Waals surface area contributed by atoms with Crippen molar-refractivity contribution < 1.29 is 9.59 Å². The molecule has 2 aromatic rings. The van der Waals surface area contributed by atoms with Crippen LogP contribution in [0.5, 0.6) is 0 Å². The van der Waals surface area contributed by atoms with Crippen molar-refractivity contribution in [1.29, 1.82) is 0 Å². The van der Waals surface area contributed by atoms with Crippen molar-refractivity contribution in [1.82, 2.24) is 10.2 Å². The van der Waals surface area contributed by atoms with Crippen LogP contribution in [0.15, 0.2) is 47.4 Å². The number of hydrogen-bond donors (Lipinski definition) is 2. The van der Waals surface area contributed by atoms with Crippen LogP contribution in [0.4, 0.5) is 16.2 Å². The van der Waals surface area contributed by atoms with Gasteiger partial charge in [-0.05, 0) is 69.6 Å². The van der Waals surface area contributed by atoms with Crippen LogP contribution in [0, 0.1) is 6.92 Å². The molecule has 2 aliphatic heterocycles. The van der Waals surface area contributed by atoms with Crippen molar-refractivity contribution in [2.75, 3.05) is 42.1 Å². The fraction of sp³-hybridized carbons (Fsp3) is 0.440. The summed E-state index contributed by atoms with van der Waals surface area (Å²) in [6.07, 6.45) is 4.86. The van der Waals surface area contributed by atoms with Crippen LogP contribution < -0.4 is 15.5 Å². The summed E-state index contributed by atoms with van der Waals surface area (Å²) in [5, 5.41) is 5.88. The Balaban J connectivity index is 1.34. The maximum atomic E-state index is 12.7. The Kier molecular flexibility index (Phi) is 7.71. The highest BCUT2D eigenvalue weighted by atomic mass is 32.2. The molecule has 0 aromatic heterocycles. The maximum absolute atomic E-state index is 12.7. The van der Waals surface area contributed by atoms with E-state index >= 15 is 0 Å². The minimum absolute atomic E-state index is 0.0855. The normalized spacial score (nSPS) is 16.5. The van der Waals surface area contributed by atoms with Gasteiger partial charge in [-0.1, -0.05) is 36.2 Å². The molecule has 6 nitrogen and oxygen atoms in total. The van der Waals surface area contributed by atoms with Crippen molar-refractivity contribution >= 4 is 35.1 Å². The molecule has 170 valence electrons. The highest BCUT2D eigenvalue weighted by molar-refractivity contribution is 8.00. The predicted octanol–water partition coefficient (Wildman–Crippen LogP) is 4.63. The van der Waals surface area contributed by atoms with E-state index in [2.05, 4.69) is 46.7 Å². The SMILES string of the molecule is Cc1ccc(CN2C(=O)CSc3ccc(NC(=O)NCCCN4CCCCC4)cc32)cc1. The Morgan fingerprint density at radius 3 is 2.62 bits per heavy atom. The number of thioether (sulfide) groups is 1. The fourth-order valence-corrected chi connectivity index (χ4v) is 5.11. The number of carbonyl (C=O) groups is 2. The number of urea groups is 1. The number of anilines is 2. The van der Waals surface area contributed by atoms with Crippen LogP contribution in [-0.4, -0.2) is 48.8 Å². The molecule has 2 heterocycles. The topological polar surface area (TPSA) is 64.7 Å². The van der Waals surface area contributed by atoms with Gasteiger partial charge in [-0.2, -0.15) is 0 Å². The molecule has 0 atom stereocenters. The molecule has 2 aliphatic rings. The summed E-state index contributed by atoms with van der Waals surface area (Å²) in [7, 11) is 0. The third-order valence-corrected chi connectivity index (χ3v) is 7.05. The van der Waals surface area contributed by atoms with E-state index in [-0.39, 0.29) is 11.9 Å². The number of fused-ring (bicyclic) bond motifs is 1. The Bertz CT molecular complexity index is 941. The van der Waals surface area contributed by atoms with Crippen LogP contribution in [0.25, 0.3) is 0 Å². The standard InChI is InChI=1S/C25H32N4O2S/c1-19-6-8-20(9-7-19)17-29-22-16-21(10-11-23(22)32-18-24(29)30)27-25(31)26-12-5-15-28-13-3-2-4-14-28/h6-11,16H,2-5,12-15,17-18H2,1H3,(H2,26,27,31). The van der Waals surface area contributed by atoms with E-state index in [4.69, 9.17) is 0 Å². The smallest absolute Gasteiger partial charge is 0.319 e. The predicted molar refractivity (Wildman–Crippen MR) is 131 cm³/mol. The quantitative estimate of drug-likeness (QED) is 0.601. The number of carbonyl (C=O) groups excluding carboxylic acids is 2. The Labute approximate surface area is 194 Å². The second-order valence-corrected chi connectivity index (χ2v) is 9.59. The number of amides is 3. The van der Waals surface area contributed by atoms with Crippen molar-refractivity contribution in [2.24, 2.45) is 0 Å². The number of aryl methyl sites for hydroxylation is 1. The van der Waals surface area contributed by atoms with E-state index in [9.17, 15) is 9.59 Å². The first-order valence-electron chi connectivity index (χ1n) is 11.5. The van der Waals surface area contributed by atoms with Gasteiger partial charge in [0.05, 0.1) is 18.0 Å². The summed E-state index contributed by atoms with van der Waals surface area (Å²) in [6, 6.07) is 13.8. The molecule has 0 aliphatic carbocycles. The Hall–Kier alpha value is -2.51. The second-order valence-electron chi connectivity index (χ2n) is 8.57. The molecule has 0 bridgehead atoms. The van der Waals surface area contributed by atoms with Crippen molar-refractivity contribution in [3.05, 3.63) is 53.6 Å². The lowest BCUT2D eigenvalue weighted by Crippen LogP contribution is -2.35. The highest BCUT2D eigenvalue weighted by Crippen LogP contribution is 2.38. The largest absolute Gasteiger partial charge is 0.338 e. The van der Waals surface area contributed by atoms with E-state index in [0.29, 0.717) is 24.5 Å². The van der Waals surface area contributed by atoms with E-state index in [0.717, 1.165) is 29.1 Å². The molecule has 3 amide bonds. The van der Waals surface area contributed by atoms with Crippen LogP contribution in [-0.2, 0) is 11.3 Å². The summed E-state index contributed by atoms with van der Waals surface area (Å²) in [5.74, 6) is 0.519. The molecular weight excluding hydrogens is 420 g/mol. The summed E-state index contributed by atoms with van der Waals surface area (Å²) >= 11 is 1.55. The van der Waals surface area contributed by atoms with Crippen molar-refractivity contribution in [3.8, 4) is 0 Å². The first-order valence-corrected chi connectivity index (χ1v) is 12.5. The molecule has 32 heavy (non-hydrogen) atoms. The number of hydrogen-bond acceptors (Lipinski definition) is 4. The van der Waals surface area contributed by atoms with Gasteiger partial charge < -0.3 is 20.4 Å². The Morgan fingerprint density at radius 2 is 1.84 bits per heavy atom. The number of nitrogens with zero attached hydrogens (tertiary/aromatic N) is 2.